The van der Waals surface area contributed by atoms with E-state index in [0.29, 0.717) is 0 Å². The fraction of sp³-hybridized carbons (Fsp3) is 0. The van der Waals surface area contributed by atoms with E-state index in [-0.39, 0.29) is 5.82 Å². The van der Waals surface area contributed by atoms with Crippen LogP contribution in [0.25, 0.3) is 0 Å². The molecule has 0 aliphatic carbocycles. The third-order valence-electron chi connectivity index (χ3n) is 0.533. The Morgan fingerprint density at radius 2 is 2.50 bits per heavy atom. The minimum absolute atomic E-state index is 0.144. The summed E-state index contributed by atoms with van der Waals surface area (Å²) in [6, 6.07) is 1.76. The maximum absolute atomic E-state index is 8.16. The average Bonchev–Trinajstić information content (AvgIpc) is 2.14. The van der Waals surface area contributed by atoms with Crippen LogP contribution in [-0.2, 0) is 0 Å². The molecule has 0 atom stereocenters. The summed E-state index contributed by atoms with van der Waals surface area (Å²) in [6.45, 7) is 0. The quantitative estimate of drug-likeness (QED) is 0.541. The predicted molar refractivity (Wildman–Crippen MR) is 26.9 cm³/mol. The molecule has 0 unspecified atom stereocenters. The number of hydrogen-bond donors (Lipinski definition) is 0. The molecule has 0 N–H and O–H groups in total. The highest BCUT2D eigenvalue weighted by Gasteiger charge is 1.97. The van der Waals surface area contributed by atoms with E-state index in [4.69, 9.17) is 5.26 Å². The molecule has 0 saturated carbocycles. The summed E-state index contributed by atoms with van der Waals surface area (Å²) in [6.07, 6.45) is 0. The van der Waals surface area contributed by atoms with Gasteiger partial charge >= 0.3 is 0 Å². The van der Waals surface area contributed by atoms with Crippen molar-refractivity contribution in [3.05, 3.63) is 5.82 Å². The molecule has 0 fully saturated rings. The van der Waals surface area contributed by atoms with Gasteiger partial charge in [-0.25, -0.2) is 0 Å². The van der Waals surface area contributed by atoms with Gasteiger partial charge in [0.15, 0.2) is 0 Å². The Labute approximate surface area is 53.3 Å². The lowest BCUT2D eigenvalue weighted by atomic mass is 10.7. The van der Waals surface area contributed by atoms with Crippen LogP contribution in [0.1, 0.15) is 5.82 Å². The van der Waals surface area contributed by atoms with Gasteiger partial charge in [0.1, 0.15) is 6.07 Å². The van der Waals surface area contributed by atoms with Gasteiger partial charge in [-0.05, 0) is 10.4 Å². The van der Waals surface area contributed by atoms with E-state index in [1.165, 1.54) is 0 Å². The summed E-state index contributed by atoms with van der Waals surface area (Å²) in [7, 11) is 0. The van der Waals surface area contributed by atoms with Gasteiger partial charge in [-0.1, -0.05) is 5.10 Å². The summed E-state index contributed by atoms with van der Waals surface area (Å²) in [5.74, 6) is 0.144. The van der Waals surface area contributed by atoms with Crippen LogP contribution in [0.5, 0.6) is 0 Å². The standard InChI is InChI=1S/C2BrN5/c3-8-2(1-4)5-6-7-8. The van der Waals surface area contributed by atoms with Crippen molar-refractivity contribution in [3.63, 3.8) is 0 Å². The third-order valence-corrected chi connectivity index (χ3v) is 1.01. The first-order valence-corrected chi connectivity index (χ1v) is 2.40. The van der Waals surface area contributed by atoms with Crippen molar-refractivity contribution in [3.8, 4) is 6.07 Å². The minimum atomic E-state index is 0.144. The summed E-state index contributed by atoms with van der Waals surface area (Å²) in [5.41, 5.74) is 0. The fourth-order valence-corrected chi connectivity index (χ4v) is 0.454. The zero-order chi connectivity index (χ0) is 5.98. The van der Waals surface area contributed by atoms with Crippen molar-refractivity contribution in [2.24, 2.45) is 0 Å². The molecule has 1 aromatic rings. The van der Waals surface area contributed by atoms with Crippen LogP contribution in [0.15, 0.2) is 0 Å². The van der Waals surface area contributed by atoms with E-state index in [0.717, 1.165) is 3.71 Å². The highest BCUT2D eigenvalue weighted by atomic mass is 79.9. The van der Waals surface area contributed by atoms with Crippen molar-refractivity contribution in [2.75, 3.05) is 0 Å². The third kappa shape index (κ3) is 0.675. The lowest BCUT2D eigenvalue weighted by Crippen LogP contribution is -1.85. The molecule has 0 bridgehead atoms. The predicted octanol–water partition coefficient (Wildman–Crippen LogP) is -0.297. The van der Waals surface area contributed by atoms with Crippen molar-refractivity contribution < 1.29 is 0 Å². The molecule has 0 amide bonds. The lowest BCUT2D eigenvalue weighted by Gasteiger charge is -1.75. The Hall–Kier alpha value is -0.960. The summed E-state index contributed by atoms with van der Waals surface area (Å²) < 4.78 is 1.12. The van der Waals surface area contributed by atoms with Crippen molar-refractivity contribution in [1.82, 2.24) is 19.2 Å². The van der Waals surface area contributed by atoms with Crippen LogP contribution in [0, 0.1) is 11.3 Å². The largest absolute Gasteiger partial charge is 0.263 e. The molecular weight excluding hydrogens is 174 g/mol. The van der Waals surface area contributed by atoms with E-state index < -0.39 is 0 Å². The number of rotatable bonds is 0. The zero-order valence-electron chi connectivity index (χ0n) is 3.61. The van der Waals surface area contributed by atoms with Crippen LogP contribution in [0.2, 0.25) is 0 Å². The second kappa shape index (κ2) is 1.88. The molecule has 0 radical (unpaired) electrons. The van der Waals surface area contributed by atoms with E-state index >= 15 is 0 Å². The first-order chi connectivity index (χ1) is 3.84. The van der Waals surface area contributed by atoms with Gasteiger partial charge in [-0.15, -0.1) is 3.71 Å². The highest BCUT2D eigenvalue weighted by molar-refractivity contribution is 9.08. The first kappa shape index (κ1) is 5.18. The van der Waals surface area contributed by atoms with E-state index in [9.17, 15) is 0 Å². The van der Waals surface area contributed by atoms with Gasteiger partial charge in [0.2, 0.25) is 0 Å². The number of nitrogens with zero attached hydrogens (tertiary/aromatic N) is 5. The molecule has 1 aromatic heterocycles. The molecule has 40 valence electrons. The fourth-order valence-electron chi connectivity index (χ4n) is 0.240. The first-order valence-electron chi connectivity index (χ1n) is 1.69. The zero-order valence-corrected chi connectivity index (χ0v) is 5.20. The number of tetrazole rings is 1. The minimum Gasteiger partial charge on any atom is -0.189 e. The lowest BCUT2D eigenvalue weighted by molar-refractivity contribution is 0.861. The molecule has 0 aromatic carbocycles. The van der Waals surface area contributed by atoms with Crippen LogP contribution < -0.4 is 0 Å². The summed E-state index contributed by atoms with van der Waals surface area (Å²) >= 11 is 2.88. The van der Waals surface area contributed by atoms with Gasteiger partial charge in [-0.2, -0.15) is 5.26 Å². The van der Waals surface area contributed by atoms with Gasteiger partial charge in [0, 0.05) is 0 Å². The monoisotopic (exact) mass is 173 g/mol. The Balaban J connectivity index is 3.15. The van der Waals surface area contributed by atoms with Crippen molar-refractivity contribution >= 4 is 16.1 Å². The van der Waals surface area contributed by atoms with Gasteiger partial charge in [0.25, 0.3) is 5.82 Å². The van der Waals surface area contributed by atoms with E-state index in [2.05, 4.69) is 31.7 Å². The van der Waals surface area contributed by atoms with Crippen LogP contribution in [0.3, 0.4) is 0 Å². The second-order valence-corrected chi connectivity index (χ2v) is 1.65. The maximum Gasteiger partial charge on any atom is 0.263 e. The van der Waals surface area contributed by atoms with Crippen LogP contribution in [0.4, 0.5) is 0 Å². The molecular formula is C2BrN5. The Morgan fingerprint density at radius 3 is 2.75 bits per heavy atom. The number of aromatic nitrogens is 4. The smallest absolute Gasteiger partial charge is 0.189 e. The molecule has 0 aliphatic heterocycles. The highest BCUT2D eigenvalue weighted by Crippen LogP contribution is 1.90. The Kier molecular flexibility index (Phi) is 1.22. The van der Waals surface area contributed by atoms with E-state index in [1.807, 2.05) is 0 Å². The molecule has 0 saturated heterocycles. The molecule has 8 heavy (non-hydrogen) atoms. The molecule has 5 nitrogen and oxygen atoms in total. The SMILES string of the molecule is N#Cc1nnnn1Br. The van der Waals surface area contributed by atoms with Crippen LogP contribution in [-0.4, -0.2) is 19.2 Å². The number of halogens is 1. The molecule has 1 rings (SSSR count). The van der Waals surface area contributed by atoms with Crippen LogP contribution >= 0.6 is 16.1 Å². The average molecular weight is 174 g/mol. The van der Waals surface area contributed by atoms with E-state index in [1.54, 1.807) is 6.07 Å². The van der Waals surface area contributed by atoms with Gasteiger partial charge < -0.3 is 0 Å². The van der Waals surface area contributed by atoms with Gasteiger partial charge in [-0.3, -0.25) is 0 Å². The Bertz CT molecular complexity index is 221. The normalized spacial score (nSPS) is 8.50. The van der Waals surface area contributed by atoms with Crippen molar-refractivity contribution in [1.29, 1.82) is 5.26 Å². The molecule has 0 aliphatic rings. The number of nitriles is 1. The maximum atomic E-state index is 8.16. The number of hydrogen-bond acceptors (Lipinski definition) is 4. The van der Waals surface area contributed by atoms with Gasteiger partial charge in [0.05, 0.1) is 16.1 Å². The summed E-state index contributed by atoms with van der Waals surface area (Å²) in [4.78, 5) is 0. The molecule has 6 heteroatoms. The topological polar surface area (TPSA) is 67.4 Å². The van der Waals surface area contributed by atoms with Crippen molar-refractivity contribution in [2.45, 2.75) is 0 Å². The molecule has 1 heterocycles. The summed E-state index contributed by atoms with van der Waals surface area (Å²) in [5, 5.41) is 18.0. The second-order valence-electron chi connectivity index (χ2n) is 0.974. The Morgan fingerprint density at radius 1 is 1.75 bits per heavy atom. The molecule has 0 spiro atoms.